The zero-order valence-corrected chi connectivity index (χ0v) is 12.0. The molecule has 3 rings (SSSR count). The highest BCUT2D eigenvalue weighted by molar-refractivity contribution is 5.94. The maximum atomic E-state index is 12.0. The van der Waals surface area contributed by atoms with Crippen LogP contribution < -0.4 is 4.74 Å². The first-order valence-corrected chi connectivity index (χ1v) is 6.89. The van der Waals surface area contributed by atoms with Crippen LogP contribution in [0.15, 0.2) is 24.4 Å². The fourth-order valence-electron chi connectivity index (χ4n) is 2.31. The summed E-state index contributed by atoms with van der Waals surface area (Å²) in [5.41, 5.74) is 0.278. The normalized spacial score (nSPS) is 14.3. The van der Waals surface area contributed by atoms with E-state index < -0.39 is 5.97 Å². The highest BCUT2D eigenvalue weighted by atomic mass is 16.5. The largest absolute Gasteiger partial charge is 0.507 e. The molecule has 0 spiro atoms. The van der Waals surface area contributed by atoms with E-state index in [4.69, 9.17) is 9.84 Å². The number of H-pyrrole nitrogens is 1. The molecule has 0 aliphatic carbocycles. The van der Waals surface area contributed by atoms with Gasteiger partial charge in [-0.15, -0.1) is 0 Å². The summed E-state index contributed by atoms with van der Waals surface area (Å²) in [5, 5.41) is 28.6. The number of amides is 1. The van der Waals surface area contributed by atoms with Gasteiger partial charge in [-0.25, -0.2) is 4.79 Å². The predicted octanol–water partition coefficient (Wildman–Crippen LogP) is 0.0408. The summed E-state index contributed by atoms with van der Waals surface area (Å²) in [6.07, 6.45) is 1.32. The SMILES string of the molecule is O=C(O)c1c(O)cccc1OC1CN(C(=O)Cc2cn[nH]n2)C1. The average molecular weight is 318 g/mol. The number of nitrogens with zero attached hydrogens (tertiary/aromatic N) is 3. The van der Waals surface area contributed by atoms with Crippen molar-refractivity contribution in [2.75, 3.05) is 13.1 Å². The van der Waals surface area contributed by atoms with Crippen LogP contribution in [0.4, 0.5) is 0 Å². The second-order valence-electron chi connectivity index (χ2n) is 5.13. The molecule has 1 aliphatic rings. The van der Waals surface area contributed by atoms with Crippen molar-refractivity contribution < 1.29 is 24.5 Å². The van der Waals surface area contributed by atoms with Crippen molar-refractivity contribution in [3.8, 4) is 11.5 Å². The molecule has 0 bridgehead atoms. The van der Waals surface area contributed by atoms with E-state index in [0.717, 1.165) is 0 Å². The van der Waals surface area contributed by atoms with Gasteiger partial charge in [0.05, 0.1) is 31.4 Å². The standard InChI is InChI=1S/C14H14N4O5/c19-10-2-1-3-11(13(10)14(21)22)23-9-6-18(7-9)12(20)4-8-5-15-17-16-8/h1-3,5,9,19H,4,6-7H2,(H,21,22)(H,15,16,17). The number of carbonyl (C=O) groups is 2. The number of aromatic hydroxyl groups is 1. The fourth-order valence-corrected chi connectivity index (χ4v) is 2.31. The Kier molecular flexibility index (Phi) is 3.83. The van der Waals surface area contributed by atoms with E-state index in [0.29, 0.717) is 18.8 Å². The van der Waals surface area contributed by atoms with Crippen molar-refractivity contribution in [2.24, 2.45) is 0 Å². The van der Waals surface area contributed by atoms with Crippen LogP contribution in [0.25, 0.3) is 0 Å². The Morgan fingerprint density at radius 2 is 2.17 bits per heavy atom. The lowest BCUT2D eigenvalue weighted by Gasteiger charge is -2.39. The van der Waals surface area contributed by atoms with Gasteiger partial charge < -0.3 is 19.8 Å². The van der Waals surface area contributed by atoms with Gasteiger partial charge in [-0.3, -0.25) is 4.79 Å². The topological polar surface area (TPSA) is 129 Å². The van der Waals surface area contributed by atoms with Gasteiger partial charge in [0.2, 0.25) is 5.91 Å². The minimum Gasteiger partial charge on any atom is -0.507 e. The summed E-state index contributed by atoms with van der Waals surface area (Å²) < 4.78 is 5.57. The van der Waals surface area contributed by atoms with Crippen LogP contribution in [0.5, 0.6) is 11.5 Å². The van der Waals surface area contributed by atoms with Crippen molar-refractivity contribution in [3.05, 3.63) is 35.7 Å². The molecule has 2 aromatic rings. The van der Waals surface area contributed by atoms with Crippen LogP contribution in [0.3, 0.4) is 0 Å². The monoisotopic (exact) mass is 318 g/mol. The smallest absolute Gasteiger partial charge is 0.343 e. The molecule has 9 heteroatoms. The molecule has 1 aliphatic heterocycles. The highest BCUT2D eigenvalue weighted by Crippen LogP contribution is 2.29. The molecular formula is C14H14N4O5. The number of carbonyl (C=O) groups excluding carboxylic acids is 1. The van der Waals surface area contributed by atoms with E-state index in [1.165, 1.54) is 24.4 Å². The second-order valence-corrected chi connectivity index (χ2v) is 5.13. The van der Waals surface area contributed by atoms with Crippen LogP contribution in [0.2, 0.25) is 0 Å². The number of hydrogen-bond acceptors (Lipinski definition) is 6. The molecule has 1 aromatic carbocycles. The van der Waals surface area contributed by atoms with Crippen molar-refractivity contribution in [2.45, 2.75) is 12.5 Å². The molecule has 2 heterocycles. The van der Waals surface area contributed by atoms with E-state index in [9.17, 15) is 14.7 Å². The van der Waals surface area contributed by atoms with Crippen LogP contribution in [-0.4, -0.2) is 61.6 Å². The molecule has 1 amide bonds. The van der Waals surface area contributed by atoms with Crippen molar-refractivity contribution in [3.63, 3.8) is 0 Å². The Morgan fingerprint density at radius 1 is 1.39 bits per heavy atom. The summed E-state index contributed by atoms with van der Waals surface area (Å²) in [5.74, 6) is -1.64. The summed E-state index contributed by atoms with van der Waals surface area (Å²) in [7, 11) is 0. The molecule has 0 unspecified atom stereocenters. The van der Waals surface area contributed by atoms with Crippen LogP contribution in [-0.2, 0) is 11.2 Å². The zero-order chi connectivity index (χ0) is 16.4. The first-order chi connectivity index (χ1) is 11.0. The minimum atomic E-state index is -1.27. The van der Waals surface area contributed by atoms with Gasteiger partial charge in [-0.05, 0) is 12.1 Å². The van der Waals surface area contributed by atoms with Crippen molar-refractivity contribution >= 4 is 11.9 Å². The van der Waals surface area contributed by atoms with E-state index in [2.05, 4.69) is 15.4 Å². The zero-order valence-electron chi connectivity index (χ0n) is 12.0. The van der Waals surface area contributed by atoms with Crippen molar-refractivity contribution in [1.82, 2.24) is 20.3 Å². The summed E-state index contributed by atoms with van der Waals surface area (Å²) in [6, 6.07) is 4.26. The molecule has 3 N–H and O–H groups in total. The summed E-state index contributed by atoms with van der Waals surface area (Å²) in [6.45, 7) is 0.705. The third kappa shape index (κ3) is 3.07. The number of ether oxygens (including phenoxy) is 1. The molecule has 0 radical (unpaired) electrons. The number of benzene rings is 1. The van der Waals surface area contributed by atoms with E-state index in [-0.39, 0.29) is 35.5 Å². The molecule has 1 aromatic heterocycles. The molecule has 120 valence electrons. The maximum absolute atomic E-state index is 12.0. The lowest BCUT2D eigenvalue weighted by molar-refractivity contribution is -0.139. The number of carboxylic acids is 1. The number of carboxylic acid groups (broad SMARTS) is 1. The number of phenols is 1. The van der Waals surface area contributed by atoms with E-state index >= 15 is 0 Å². The molecule has 0 saturated carbocycles. The highest BCUT2D eigenvalue weighted by Gasteiger charge is 2.33. The van der Waals surface area contributed by atoms with Crippen molar-refractivity contribution in [1.29, 1.82) is 0 Å². The summed E-state index contributed by atoms with van der Waals surface area (Å²) in [4.78, 5) is 24.7. The van der Waals surface area contributed by atoms with Crippen LogP contribution in [0.1, 0.15) is 16.1 Å². The molecule has 1 fully saturated rings. The lowest BCUT2D eigenvalue weighted by atomic mass is 10.1. The van der Waals surface area contributed by atoms with E-state index in [1.807, 2.05) is 0 Å². The van der Waals surface area contributed by atoms with Gasteiger partial charge in [-0.2, -0.15) is 15.4 Å². The molecule has 23 heavy (non-hydrogen) atoms. The second kappa shape index (κ2) is 5.95. The van der Waals surface area contributed by atoms with Gasteiger partial charge in [0.1, 0.15) is 23.2 Å². The molecule has 0 atom stereocenters. The average Bonchev–Trinajstić information content (AvgIpc) is 2.94. The van der Waals surface area contributed by atoms with Gasteiger partial charge in [-0.1, -0.05) is 6.07 Å². The number of rotatable bonds is 5. The Balaban J connectivity index is 1.57. The van der Waals surface area contributed by atoms with Gasteiger partial charge >= 0.3 is 5.97 Å². The van der Waals surface area contributed by atoms with Gasteiger partial charge in [0.25, 0.3) is 0 Å². The van der Waals surface area contributed by atoms with E-state index in [1.54, 1.807) is 4.90 Å². The number of likely N-dealkylation sites (tertiary alicyclic amines) is 1. The molecule has 9 nitrogen and oxygen atoms in total. The fraction of sp³-hybridized carbons (Fsp3) is 0.286. The Hall–Kier alpha value is -3.10. The Bertz CT molecular complexity index is 725. The number of hydrogen-bond donors (Lipinski definition) is 3. The first kappa shape index (κ1) is 14.8. The number of aromatic carboxylic acids is 1. The number of nitrogens with one attached hydrogen (secondary N) is 1. The molecular weight excluding hydrogens is 304 g/mol. The third-order valence-electron chi connectivity index (χ3n) is 3.51. The number of aromatic amines is 1. The maximum Gasteiger partial charge on any atom is 0.343 e. The minimum absolute atomic E-state index is 0.0890. The lowest BCUT2D eigenvalue weighted by Crippen LogP contribution is -2.56. The molecule has 1 saturated heterocycles. The third-order valence-corrected chi connectivity index (χ3v) is 3.51. The van der Waals surface area contributed by atoms with Gasteiger partial charge in [0.15, 0.2) is 0 Å². The Morgan fingerprint density at radius 3 is 2.83 bits per heavy atom. The van der Waals surface area contributed by atoms with Crippen LogP contribution in [0, 0.1) is 0 Å². The van der Waals surface area contributed by atoms with Gasteiger partial charge in [0, 0.05) is 0 Å². The van der Waals surface area contributed by atoms with Crippen LogP contribution >= 0.6 is 0 Å². The number of aromatic nitrogens is 3. The summed E-state index contributed by atoms with van der Waals surface area (Å²) >= 11 is 0. The quantitative estimate of drug-likeness (QED) is 0.710. The Labute approximate surface area is 130 Å². The first-order valence-electron chi connectivity index (χ1n) is 6.89. The predicted molar refractivity (Wildman–Crippen MR) is 76.1 cm³/mol.